The molecule has 0 bridgehead atoms. The van der Waals surface area contributed by atoms with Gasteiger partial charge < -0.3 is 14.1 Å². The molecule has 3 rings (SSSR count). The molecule has 142 valence electrons. The molecule has 0 fully saturated rings. The molecule has 3 aromatic rings. The SMILES string of the molecule is CCn1nccc1CN(C)C(=O)c1ccc(COc2c(C)cccc2Cl)o1. The number of benzene rings is 1. The van der Waals surface area contributed by atoms with Crippen LogP contribution in [0.2, 0.25) is 5.02 Å². The Labute approximate surface area is 163 Å². The van der Waals surface area contributed by atoms with Crippen molar-refractivity contribution >= 4 is 17.5 Å². The second kappa shape index (κ2) is 8.31. The highest BCUT2D eigenvalue weighted by Crippen LogP contribution is 2.28. The monoisotopic (exact) mass is 387 g/mol. The van der Waals surface area contributed by atoms with Crippen LogP contribution in [-0.2, 0) is 19.7 Å². The zero-order chi connectivity index (χ0) is 19.4. The first-order valence-corrected chi connectivity index (χ1v) is 9.10. The second-order valence-electron chi connectivity index (χ2n) is 6.24. The summed E-state index contributed by atoms with van der Waals surface area (Å²) >= 11 is 6.16. The Morgan fingerprint density at radius 2 is 2.11 bits per heavy atom. The minimum atomic E-state index is -0.195. The van der Waals surface area contributed by atoms with Crippen molar-refractivity contribution in [1.29, 1.82) is 0 Å². The molecule has 7 heteroatoms. The van der Waals surface area contributed by atoms with E-state index < -0.39 is 0 Å². The summed E-state index contributed by atoms with van der Waals surface area (Å²) in [7, 11) is 1.74. The number of rotatable bonds is 7. The van der Waals surface area contributed by atoms with Crippen molar-refractivity contribution in [2.75, 3.05) is 7.05 Å². The molecule has 0 aliphatic rings. The number of hydrogen-bond donors (Lipinski definition) is 0. The minimum absolute atomic E-state index is 0.195. The second-order valence-corrected chi connectivity index (χ2v) is 6.65. The molecule has 0 atom stereocenters. The first-order chi connectivity index (χ1) is 13.0. The van der Waals surface area contributed by atoms with Gasteiger partial charge in [-0.05, 0) is 43.7 Å². The number of aryl methyl sites for hydroxylation is 2. The van der Waals surface area contributed by atoms with Gasteiger partial charge in [0.25, 0.3) is 5.91 Å². The number of carbonyl (C=O) groups excluding carboxylic acids is 1. The number of ether oxygens (including phenoxy) is 1. The summed E-state index contributed by atoms with van der Waals surface area (Å²) in [6.07, 6.45) is 1.73. The molecule has 0 saturated heterocycles. The number of halogens is 1. The van der Waals surface area contributed by atoms with Crippen LogP contribution in [0.3, 0.4) is 0 Å². The average molecular weight is 388 g/mol. The third-order valence-corrected chi connectivity index (χ3v) is 4.54. The lowest BCUT2D eigenvalue weighted by atomic mass is 10.2. The Morgan fingerprint density at radius 1 is 1.30 bits per heavy atom. The van der Waals surface area contributed by atoms with E-state index in [1.165, 1.54) is 0 Å². The molecule has 2 aromatic heterocycles. The van der Waals surface area contributed by atoms with Gasteiger partial charge in [-0.25, -0.2) is 0 Å². The molecule has 0 saturated carbocycles. The van der Waals surface area contributed by atoms with E-state index in [4.69, 9.17) is 20.8 Å². The molecule has 27 heavy (non-hydrogen) atoms. The summed E-state index contributed by atoms with van der Waals surface area (Å²) in [5.41, 5.74) is 1.91. The zero-order valence-corrected chi connectivity index (χ0v) is 16.4. The van der Waals surface area contributed by atoms with Crippen molar-refractivity contribution in [1.82, 2.24) is 14.7 Å². The fourth-order valence-corrected chi connectivity index (χ4v) is 3.07. The quantitative estimate of drug-likeness (QED) is 0.606. The topological polar surface area (TPSA) is 60.5 Å². The molecule has 0 aliphatic carbocycles. The lowest BCUT2D eigenvalue weighted by Crippen LogP contribution is -2.27. The van der Waals surface area contributed by atoms with Crippen molar-refractivity contribution in [3.8, 4) is 5.75 Å². The molecule has 0 aliphatic heterocycles. The van der Waals surface area contributed by atoms with Crippen LogP contribution in [0.1, 0.15) is 34.5 Å². The van der Waals surface area contributed by atoms with Crippen molar-refractivity contribution < 1.29 is 13.9 Å². The highest BCUT2D eigenvalue weighted by Gasteiger charge is 2.18. The van der Waals surface area contributed by atoms with Crippen LogP contribution in [-0.4, -0.2) is 27.6 Å². The van der Waals surface area contributed by atoms with E-state index in [1.54, 1.807) is 36.3 Å². The Balaban J connectivity index is 1.63. The number of amides is 1. The maximum atomic E-state index is 12.6. The largest absolute Gasteiger partial charge is 0.484 e. The normalized spacial score (nSPS) is 10.8. The van der Waals surface area contributed by atoms with Crippen molar-refractivity contribution in [2.45, 2.75) is 33.5 Å². The highest BCUT2D eigenvalue weighted by atomic mass is 35.5. The lowest BCUT2D eigenvalue weighted by molar-refractivity contribution is 0.0745. The van der Waals surface area contributed by atoms with Crippen LogP contribution >= 0.6 is 11.6 Å². The summed E-state index contributed by atoms with van der Waals surface area (Å²) in [6, 6.07) is 10.9. The Hall–Kier alpha value is -2.73. The highest BCUT2D eigenvalue weighted by molar-refractivity contribution is 6.32. The van der Waals surface area contributed by atoms with E-state index in [-0.39, 0.29) is 18.3 Å². The van der Waals surface area contributed by atoms with Gasteiger partial charge >= 0.3 is 0 Å². The van der Waals surface area contributed by atoms with Crippen LogP contribution in [0.25, 0.3) is 0 Å². The van der Waals surface area contributed by atoms with E-state index in [1.807, 2.05) is 36.7 Å². The molecule has 1 amide bonds. The maximum Gasteiger partial charge on any atom is 0.289 e. The lowest BCUT2D eigenvalue weighted by Gasteiger charge is -2.16. The van der Waals surface area contributed by atoms with Crippen LogP contribution in [0.15, 0.2) is 47.0 Å². The zero-order valence-electron chi connectivity index (χ0n) is 15.6. The first-order valence-electron chi connectivity index (χ1n) is 8.72. The van der Waals surface area contributed by atoms with Gasteiger partial charge in [-0.15, -0.1) is 0 Å². The minimum Gasteiger partial charge on any atom is -0.484 e. The molecule has 0 unspecified atom stereocenters. The molecule has 0 spiro atoms. The summed E-state index contributed by atoms with van der Waals surface area (Å²) in [4.78, 5) is 14.2. The Bertz CT molecular complexity index is 912. The number of hydrogen-bond acceptors (Lipinski definition) is 4. The van der Waals surface area contributed by atoms with Gasteiger partial charge in [0, 0.05) is 19.8 Å². The summed E-state index contributed by atoms with van der Waals surface area (Å²) in [5, 5.41) is 4.77. The number of nitrogens with zero attached hydrogens (tertiary/aromatic N) is 3. The maximum absolute atomic E-state index is 12.6. The van der Waals surface area contributed by atoms with E-state index in [0.29, 0.717) is 23.1 Å². The van der Waals surface area contributed by atoms with E-state index in [2.05, 4.69) is 5.10 Å². The average Bonchev–Trinajstić information content (AvgIpc) is 3.29. The van der Waals surface area contributed by atoms with E-state index >= 15 is 0 Å². The van der Waals surface area contributed by atoms with Crippen LogP contribution in [0.5, 0.6) is 5.75 Å². The van der Waals surface area contributed by atoms with Gasteiger partial charge in [-0.3, -0.25) is 9.48 Å². The Kier molecular flexibility index (Phi) is 5.86. The van der Waals surface area contributed by atoms with Gasteiger partial charge in [0.2, 0.25) is 0 Å². The molecule has 2 heterocycles. The van der Waals surface area contributed by atoms with Crippen molar-refractivity contribution in [2.24, 2.45) is 0 Å². The smallest absolute Gasteiger partial charge is 0.289 e. The fraction of sp³-hybridized carbons (Fsp3) is 0.300. The standard InChI is InChI=1S/C20H22ClN3O3/c1-4-24-15(10-11-22-24)12-23(3)20(25)18-9-8-16(27-18)13-26-19-14(2)6-5-7-17(19)21/h5-11H,4,12-13H2,1-3H3. The summed E-state index contributed by atoms with van der Waals surface area (Å²) in [5.74, 6) is 1.26. The van der Waals surface area contributed by atoms with E-state index in [9.17, 15) is 4.79 Å². The van der Waals surface area contributed by atoms with Crippen molar-refractivity contribution in [3.05, 3.63) is 70.4 Å². The molecule has 6 nitrogen and oxygen atoms in total. The molecule has 0 radical (unpaired) electrons. The summed E-state index contributed by atoms with van der Waals surface area (Å²) in [6.45, 7) is 5.35. The van der Waals surface area contributed by atoms with Crippen molar-refractivity contribution in [3.63, 3.8) is 0 Å². The van der Waals surface area contributed by atoms with E-state index in [0.717, 1.165) is 17.8 Å². The number of carbonyl (C=O) groups is 1. The number of furan rings is 1. The predicted molar refractivity (Wildman–Crippen MR) is 103 cm³/mol. The first kappa shape index (κ1) is 19.0. The molecule has 1 aromatic carbocycles. The van der Waals surface area contributed by atoms with Crippen LogP contribution in [0, 0.1) is 6.92 Å². The third-order valence-electron chi connectivity index (χ3n) is 4.24. The number of para-hydroxylation sites is 1. The van der Waals surface area contributed by atoms with Crippen LogP contribution in [0.4, 0.5) is 0 Å². The molecular formula is C20H22ClN3O3. The fourth-order valence-electron chi connectivity index (χ4n) is 2.80. The van der Waals surface area contributed by atoms with Gasteiger partial charge in [-0.2, -0.15) is 5.10 Å². The predicted octanol–water partition coefficient (Wildman–Crippen LogP) is 4.31. The van der Waals surface area contributed by atoms with Crippen LogP contribution < -0.4 is 4.74 Å². The summed E-state index contributed by atoms with van der Waals surface area (Å²) < 4.78 is 13.3. The number of aromatic nitrogens is 2. The third kappa shape index (κ3) is 4.34. The molecule has 0 N–H and O–H groups in total. The van der Waals surface area contributed by atoms with Gasteiger partial charge in [0.1, 0.15) is 18.1 Å². The van der Waals surface area contributed by atoms with Gasteiger partial charge in [0.05, 0.1) is 17.3 Å². The Morgan fingerprint density at radius 3 is 2.85 bits per heavy atom. The van der Waals surface area contributed by atoms with Gasteiger partial charge in [0.15, 0.2) is 5.76 Å². The van der Waals surface area contributed by atoms with Gasteiger partial charge in [-0.1, -0.05) is 23.7 Å². The molecular weight excluding hydrogens is 366 g/mol.